The number of carbonyl (C=O) groups is 5. The van der Waals surface area contributed by atoms with E-state index < -0.39 is 47.7 Å². The van der Waals surface area contributed by atoms with Gasteiger partial charge in [0.2, 0.25) is 17.7 Å². The van der Waals surface area contributed by atoms with E-state index in [0.717, 1.165) is 18.4 Å². The highest BCUT2D eigenvalue weighted by molar-refractivity contribution is 6.03. The summed E-state index contributed by atoms with van der Waals surface area (Å²) in [6.45, 7) is -0.329. The number of aliphatic hydroxyl groups is 1. The van der Waals surface area contributed by atoms with E-state index in [9.17, 15) is 34.2 Å². The summed E-state index contributed by atoms with van der Waals surface area (Å²) in [5.74, 6) is -4.75. The smallest absolute Gasteiger partial charge is 0.323 e. The average molecular weight is 532 g/mol. The molecule has 0 bridgehead atoms. The second kappa shape index (κ2) is 12.9. The van der Waals surface area contributed by atoms with E-state index in [-0.39, 0.29) is 31.8 Å². The number of anilines is 1. The van der Waals surface area contributed by atoms with Gasteiger partial charge in [-0.1, -0.05) is 31.0 Å². The van der Waals surface area contributed by atoms with Gasteiger partial charge < -0.3 is 25.5 Å². The molecule has 2 aliphatic rings. The van der Waals surface area contributed by atoms with Crippen LogP contribution in [0.5, 0.6) is 0 Å². The molecule has 1 aliphatic heterocycles. The molecule has 3 amide bonds. The lowest BCUT2D eigenvalue weighted by Crippen LogP contribution is -2.53. The fourth-order valence-electron chi connectivity index (χ4n) is 5.55. The van der Waals surface area contributed by atoms with Gasteiger partial charge >= 0.3 is 11.9 Å². The van der Waals surface area contributed by atoms with Crippen molar-refractivity contribution in [2.75, 3.05) is 31.6 Å². The van der Waals surface area contributed by atoms with Crippen molar-refractivity contribution in [3.63, 3.8) is 0 Å². The lowest BCUT2D eigenvalue weighted by Gasteiger charge is -2.33. The van der Waals surface area contributed by atoms with Crippen molar-refractivity contribution >= 4 is 35.3 Å². The van der Waals surface area contributed by atoms with E-state index in [4.69, 9.17) is 5.11 Å². The van der Waals surface area contributed by atoms with Gasteiger partial charge in [-0.3, -0.25) is 28.9 Å². The first-order valence-corrected chi connectivity index (χ1v) is 13.1. The van der Waals surface area contributed by atoms with Crippen LogP contribution in [0, 0.1) is 11.3 Å². The van der Waals surface area contributed by atoms with Gasteiger partial charge in [0, 0.05) is 32.3 Å². The average Bonchev–Trinajstić information content (AvgIpc) is 3.32. The number of carboxylic acid groups (broad SMARTS) is 2. The normalized spacial score (nSPS) is 19.3. The molecule has 1 fully saturated rings. The van der Waals surface area contributed by atoms with Crippen molar-refractivity contribution in [3.05, 3.63) is 29.8 Å². The molecule has 0 aromatic heterocycles. The molecule has 1 aromatic carbocycles. The van der Waals surface area contributed by atoms with Gasteiger partial charge in [0.1, 0.15) is 12.6 Å². The number of para-hydroxylation sites is 1. The minimum atomic E-state index is -1.18. The summed E-state index contributed by atoms with van der Waals surface area (Å²) in [6.07, 6.45) is 3.15. The SMILES string of the molecule is CN(CCCO)C(=O)CC(CC1(C(=O)NC2CCc3ccccc3N(CC(=O)O)C2=O)CCCC1)C(=O)O. The van der Waals surface area contributed by atoms with Gasteiger partial charge in [-0.05, 0) is 50.2 Å². The van der Waals surface area contributed by atoms with Crippen LogP contribution in [0.1, 0.15) is 56.9 Å². The molecule has 3 rings (SSSR count). The maximum Gasteiger partial charge on any atom is 0.323 e. The monoisotopic (exact) mass is 531 g/mol. The van der Waals surface area contributed by atoms with Gasteiger partial charge in [-0.15, -0.1) is 0 Å². The number of benzene rings is 1. The second-order valence-corrected chi connectivity index (χ2v) is 10.3. The second-order valence-electron chi connectivity index (χ2n) is 10.3. The van der Waals surface area contributed by atoms with Crippen molar-refractivity contribution in [2.24, 2.45) is 11.3 Å². The molecular formula is C27H37N3O8. The molecule has 208 valence electrons. The Morgan fingerprint density at radius 3 is 2.47 bits per heavy atom. The number of nitrogens with one attached hydrogen (secondary N) is 1. The van der Waals surface area contributed by atoms with Crippen molar-refractivity contribution in [2.45, 2.75) is 63.8 Å². The lowest BCUT2D eigenvalue weighted by atomic mass is 9.75. The Bertz CT molecular complexity index is 1050. The number of hydrogen-bond donors (Lipinski definition) is 4. The highest BCUT2D eigenvalue weighted by atomic mass is 16.4. The summed E-state index contributed by atoms with van der Waals surface area (Å²) in [7, 11) is 1.55. The van der Waals surface area contributed by atoms with Gasteiger partial charge in [0.25, 0.3) is 0 Å². The zero-order valence-corrected chi connectivity index (χ0v) is 21.7. The first kappa shape index (κ1) is 29.1. The molecule has 0 spiro atoms. The summed E-state index contributed by atoms with van der Waals surface area (Å²) >= 11 is 0. The Labute approximate surface area is 221 Å². The number of nitrogens with zero attached hydrogens (tertiary/aromatic N) is 2. The molecule has 4 N–H and O–H groups in total. The van der Waals surface area contributed by atoms with E-state index in [2.05, 4.69) is 5.32 Å². The van der Waals surface area contributed by atoms with Gasteiger partial charge in [0.05, 0.1) is 11.3 Å². The largest absolute Gasteiger partial charge is 0.481 e. The Kier molecular flexibility index (Phi) is 9.84. The molecule has 1 aromatic rings. The molecule has 38 heavy (non-hydrogen) atoms. The van der Waals surface area contributed by atoms with E-state index in [1.807, 2.05) is 12.1 Å². The molecule has 1 saturated carbocycles. The predicted molar refractivity (Wildman–Crippen MR) is 137 cm³/mol. The third kappa shape index (κ3) is 6.89. The van der Waals surface area contributed by atoms with E-state index in [1.165, 1.54) is 9.80 Å². The topological polar surface area (TPSA) is 165 Å². The lowest BCUT2D eigenvalue weighted by molar-refractivity contribution is -0.148. The van der Waals surface area contributed by atoms with Crippen molar-refractivity contribution < 1.29 is 39.3 Å². The molecule has 2 atom stereocenters. The van der Waals surface area contributed by atoms with Gasteiger partial charge in [-0.25, -0.2) is 0 Å². The fraction of sp³-hybridized carbons (Fsp3) is 0.593. The summed E-state index contributed by atoms with van der Waals surface area (Å²) in [5.41, 5.74) is 0.274. The van der Waals surface area contributed by atoms with Crippen LogP contribution >= 0.6 is 0 Å². The maximum atomic E-state index is 13.7. The number of carbonyl (C=O) groups excluding carboxylic acids is 3. The minimum absolute atomic E-state index is 0.0340. The first-order valence-electron chi connectivity index (χ1n) is 13.1. The first-order chi connectivity index (χ1) is 18.1. The summed E-state index contributed by atoms with van der Waals surface area (Å²) in [6, 6.07) is 6.09. The molecule has 0 radical (unpaired) electrons. The van der Waals surface area contributed by atoms with Gasteiger partial charge in [-0.2, -0.15) is 0 Å². The van der Waals surface area contributed by atoms with Gasteiger partial charge in [0.15, 0.2) is 0 Å². The zero-order chi connectivity index (χ0) is 27.9. The molecular weight excluding hydrogens is 494 g/mol. The van der Waals surface area contributed by atoms with Crippen molar-refractivity contribution in [1.29, 1.82) is 0 Å². The number of aryl methyl sites for hydroxylation is 1. The predicted octanol–water partition coefficient (Wildman–Crippen LogP) is 1.42. The number of rotatable bonds is 12. The maximum absolute atomic E-state index is 13.7. The fourth-order valence-corrected chi connectivity index (χ4v) is 5.55. The number of carboxylic acids is 2. The van der Waals surface area contributed by atoms with Crippen LogP contribution in [0.4, 0.5) is 5.69 Å². The van der Waals surface area contributed by atoms with Crippen LogP contribution in [-0.4, -0.2) is 82.7 Å². The number of aliphatic hydroxyl groups excluding tert-OH is 1. The molecule has 1 heterocycles. The zero-order valence-electron chi connectivity index (χ0n) is 21.7. The molecule has 1 aliphatic carbocycles. The molecule has 2 unspecified atom stereocenters. The number of aliphatic carboxylic acids is 2. The quantitative estimate of drug-likeness (QED) is 0.314. The number of hydrogen-bond acceptors (Lipinski definition) is 6. The van der Waals surface area contributed by atoms with Crippen molar-refractivity contribution in [3.8, 4) is 0 Å². The molecule has 0 saturated heterocycles. The summed E-state index contributed by atoms with van der Waals surface area (Å²) in [5, 5.41) is 31.1. The van der Waals surface area contributed by atoms with Crippen LogP contribution in [0.25, 0.3) is 0 Å². The minimum Gasteiger partial charge on any atom is -0.481 e. The van der Waals surface area contributed by atoms with Crippen molar-refractivity contribution in [1.82, 2.24) is 10.2 Å². The Hall–Kier alpha value is -3.47. The number of amides is 3. The highest BCUT2D eigenvalue weighted by Gasteiger charge is 2.46. The molecule has 11 nitrogen and oxygen atoms in total. The third-order valence-electron chi connectivity index (χ3n) is 7.67. The van der Waals surface area contributed by atoms with E-state index >= 15 is 0 Å². The van der Waals surface area contributed by atoms with Crippen LogP contribution in [-0.2, 0) is 30.4 Å². The summed E-state index contributed by atoms with van der Waals surface area (Å²) in [4.78, 5) is 66.0. The van der Waals surface area contributed by atoms with Crippen LogP contribution in [0.2, 0.25) is 0 Å². The standard InChI is InChI=1S/C27H37N3O8/c1-29(13-6-14-31)22(32)15-19(25(36)37)16-27(11-4-5-12-27)26(38)28-20-10-9-18-7-2-3-8-21(18)30(24(20)35)17-23(33)34/h2-3,7-8,19-20,31H,4-6,9-17H2,1H3,(H,28,38)(H,33,34)(H,36,37). The summed E-state index contributed by atoms with van der Waals surface area (Å²) < 4.78 is 0. The Morgan fingerprint density at radius 1 is 1.16 bits per heavy atom. The Morgan fingerprint density at radius 2 is 1.84 bits per heavy atom. The highest BCUT2D eigenvalue weighted by Crippen LogP contribution is 2.44. The number of fused-ring (bicyclic) bond motifs is 1. The van der Waals surface area contributed by atoms with Crippen LogP contribution in [0.3, 0.4) is 0 Å². The van der Waals surface area contributed by atoms with E-state index in [1.54, 1.807) is 19.2 Å². The van der Waals surface area contributed by atoms with Crippen LogP contribution in [0.15, 0.2) is 24.3 Å². The molecule has 11 heteroatoms. The third-order valence-corrected chi connectivity index (χ3v) is 7.67. The van der Waals surface area contributed by atoms with E-state index in [0.29, 0.717) is 37.9 Å². The van der Waals surface area contributed by atoms with Crippen LogP contribution < -0.4 is 10.2 Å². The Balaban J connectivity index is 1.78.